The summed E-state index contributed by atoms with van der Waals surface area (Å²) in [6, 6.07) is 2.59. The van der Waals surface area contributed by atoms with Crippen molar-refractivity contribution >= 4 is 11.6 Å². The van der Waals surface area contributed by atoms with Crippen molar-refractivity contribution in [1.29, 1.82) is 0 Å². The van der Waals surface area contributed by atoms with Gasteiger partial charge in [0.2, 0.25) is 0 Å². The van der Waals surface area contributed by atoms with E-state index in [2.05, 4.69) is 10.1 Å². The number of carbonyl (C=O) groups excluding carboxylic acids is 1. The molecule has 0 aromatic carbocycles. The standard InChI is InChI=1S/C14H14F3N3O2/c15-14(16,17)13(22)10-3-1-2-4-11(10)19-20(13)12(21)9-5-7-18-8-6-9/h5-8,10,22H,1-4H2/t10-,13-/m1/s1. The van der Waals surface area contributed by atoms with Crippen molar-refractivity contribution < 1.29 is 23.1 Å². The molecule has 1 fully saturated rings. The van der Waals surface area contributed by atoms with E-state index >= 15 is 0 Å². The Morgan fingerprint density at radius 2 is 2.00 bits per heavy atom. The Morgan fingerprint density at radius 1 is 1.32 bits per heavy atom. The summed E-state index contributed by atoms with van der Waals surface area (Å²) in [5.41, 5.74) is -3.03. The summed E-state index contributed by atoms with van der Waals surface area (Å²) in [5.74, 6) is -2.17. The topological polar surface area (TPSA) is 65.8 Å². The van der Waals surface area contributed by atoms with Crippen LogP contribution < -0.4 is 0 Å². The average molecular weight is 313 g/mol. The first-order valence-electron chi connectivity index (χ1n) is 6.97. The Balaban J connectivity index is 2.04. The van der Waals surface area contributed by atoms with Gasteiger partial charge < -0.3 is 5.11 Å². The van der Waals surface area contributed by atoms with Crippen molar-refractivity contribution in [1.82, 2.24) is 9.99 Å². The molecule has 3 rings (SSSR count). The van der Waals surface area contributed by atoms with Gasteiger partial charge in [0.1, 0.15) is 0 Å². The molecular formula is C14H14F3N3O2. The number of fused-ring (bicyclic) bond motifs is 1. The number of halogens is 3. The number of hydrogen-bond donors (Lipinski definition) is 1. The van der Waals surface area contributed by atoms with Crippen LogP contribution in [0.5, 0.6) is 0 Å². The van der Waals surface area contributed by atoms with Crippen molar-refractivity contribution in [2.45, 2.75) is 37.6 Å². The minimum absolute atomic E-state index is 0.000622. The summed E-state index contributed by atoms with van der Waals surface area (Å²) < 4.78 is 40.5. The largest absolute Gasteiger partial charge is 0.439 e. The lowest BCUT2D eigenvalue weighted by Crippen LogP contribution is -2.61. The van der Waals surface area contributed by atoms with E-state index in [1.165, 1.54) is 24.5 Å². The summed E-state index contributed by atoms with van der Waals surface area (Å²) in [7, 11) is 0. The van der Waals surface area contributed by atoms with Gasteiger partial charge in [0.05, 0.1) is 5.92 Å². The molecule has 1 aromatic rings. The Bertz CT molecular complexity index is 618. The molecule has 118 valence electrons. The van der Waals surface area contributed by atoms with Crippen LogP contribution in [0.4, 0.5) is 13.2 Å². The number of rotatable bonds is 1. The average Bonchev–Trinajstić information content (AvgIpc) is 2.82. The Hall–Kier alpha value is -1.96. The van der Waals surface area contributed by atoms with Crippen LogP contribution in [0.25, 0.3) is 0 Å². The molecular weight excluding hydrogens is 299 g/mol. The van der Waals surface area contributed by atoms with E-state index in [1.807, 2.05) is 0 Å². The summed E-state index contributed by atoms with van der Waals surface area (Å²) in [6.45, 7) is 0. The Morgan fingerprint density at radius 3 is 2.64 bits per heavy atom. The third-order valence-corrected chi connectivity index (χ3v) is 4.15. The van der Waals surface area contributed by atoms with Crippen LogP contribution in [0, 0.1) is 5.92 Å². The van der Waals surface area contributed by atoms with Crippen LogP contribution in [0.15, 0.2) is 29.6 Å². The monoisotopic (exact) mass is 313 g/mol. The van der Waals surface area contributed by atoms with Crippen molar-refractivity contribution in [3.05, 3.63) is 30.1 Å². The smallest absolute Gasteiger partial charge is 0.362 e. The highest BCUT2D eigenvalue weighted by molar-refractivity contribution is 5.99. The summed E-state index contributed by atoms with van der Waals surface area (Å²) in [6.07, 6.45) is -0.576. The highest BCUT2D eigenvalue weighted by Crippen LogP contribution is 2.48. The molecule has 5 nitrogen and oxygen atoms in total. The van der Waals surface area contributed by atoms with Crippen molar-refractivity contribution in [2.24, 2.45) is 11.0 Å². The number of hydrazone groups is 1. The van der Waals surface area contributed by atoms with Gasteiger partial charge in [-0.05, 0) is 31.4 Å². The highest BCUT2D eigenvalue weighted by Gasteiger charge is 2.68. The minimum Gasteiger partial charge on any atom is -0.362 e. The minimum atomic E-state index is -4.98. The van der Waals surface area contributed by atoms with Crippen molar-refractivity contribution in [3.63, 3.8) is 0 Å². The summed E-state index contributed by atoms with van der Waals surface area (Å²) >= 11 is 0. The fraction of sp³-hybridized carbons (Fsp3) is 0.500. The number of hydrogen-bond acceptors (Lipinski definition) is 4. The zero-order valence-electron chi connectivity index (χ0n) is 11.5. The van der Waals surface area contributed by atoms with E-state index in [4.69, 9.17) is 0 Å². The molecule has 8 heteroatoms. The van der Waals surface area contributed by atoms with Crippen molar-refractivity contribution in [2.75, 3.05) is 0 Å². The maximum Gasteiger partial charge on any atom is 0.439 e. The zero-order chi connectivity index (χ0) is 16.0. The van der Waals surface area contributed by atoms with Gasteiger partial charge in [0.25, 0.3) is 11.6 Å². The van der Waals surface area contributed by atoms with E-state index in [1.54, 1.807) is 0 Å². The maximum atomic E-state index is 13.5. The number of amides is 1. The van der Waals surface area contributed by atoms with E-state index in [0.29, 0.717) is 19.3 Å². The normalized spacial score (nSPS) is 28.3. The lowest BCUT2D eigenvalue weighted by atomic mass is 9.80. The molecule has 0 spiro atoms. The quantitative estimate of drug-likeness (QED) is 0.865. The molecule has 2 aliphatic rings. The molecule has 0 saturated heterocycles. The molecule has 1 saturated carbocycles. The number of carbonyl (C=O) groups is 1. The van der Waals surface area contributed by atoms with Crippen LogP contribution in [-0.2, 0) is 0 Å². The molecule has 2 heterocycles. The van der Waals surface area contributed by atoms with Gasteiger partial charge >= 0.3 is 6.18 Å². The predicted molar refractivity (Wildman–Crippen MR) is 70.8 cm³/mol. The molecule has 0 radical (unpaired) electrons. The molecule has 22 heavy (non-hydrogen) atoms. The van der Waals surface area contributed by atoms with Crippen LogP contribution >= 0.6 is 0 Å². The van der Waals surface area contributed by atoms with E-state index in [-0.39, 0.29) is 22.7 Å². The molecule has 0 unspecified atom stereocenters. The maximum absolute atomic E-state index is 13.5. The zero-order valence-corrected chi connectivity index (χ0v) is 11.5. The van der Waals surface area contributed by atoms with E-state index in [9.17, 15) is 23.1 Å². The van der Waals surface area contributed by atoms with Gasteiger partial charge in [0, 0.05) is 23.7 Å². The molecule has 1 N–H and O–H groups in total. The third-order valence-electron chi connectivity index (χ3n) is 4.15. The fourth-order valence-corrected chi connectivity index (χ4v) is 3.04. The van der Waals surface area contributed by atoms with Gasteiger partial charge in [0.15, 0.2) is 0 Å². The molecule has 1 aliphatic carbocycles. The van der Waals surface area contributed by atoms with Gasteiger partial charge in [-0.2, -0.15) is 23.3 Å². The second kappa shape index (κ2) is 5.05. The fourth-order valence-electron chi connectivity index (χ4n) is 3.04. The molecule has 1 aromatic heterocycles. The van der Waals surface area contributed by atoms with Crippen LogP contribution in [0.3, 0.4) is 0 Å². The van der Waals surface area contributed by atoms with Gasteiger partial charge in [-0.25, -0.2) is 0 Å². The van der Waals surface area contributed by atoms with Crippen molar-refractivity contribution in [3.8, 4) is 0 Å². The molecule has 1 amide bonds. The van der Waals surface area contributed by atoms with Crippen LogP contribution in [0.2, 0.25) is 0 Å². The second-order valence-corrected chi connectivity index (χ2v) is 5.47. The number of alkyl halides is 3. The van der Waals surface area contributed by atoms with Gasteiger partial charge in [-0.3, -0.25) is 9.78 Å². The number of aliphatic hydroxyl groups is 1. The molecule has 0 bridgehead atoms. The number of pyridine rings is 1. The van der Waals surface area contributed by atoms with E-state index in [0.717, 1.165) is 0 Å². The summed E-state index contributed by atoms with van der Waals surface area (Å²) in [5, 5.41) is 14.4. The van der Waals surface area contributed by atoms with Gasteiger partial charge in [-0.1, -0.05) is 6.42 Å². The number of aromatic nitrogens is 1. The van der Waals surface area contributed by atoms with E-state index < -0.39 is 23.7 Å². The second-order valence-electron chi connectivity index (χ2n) is 5.47. The van der Waals surface area contributed by atoms with Gasteiger partial charge in [-0.15, -0.1) is 0 Å². The lowest BCUT2D eigenvalue weighted by molar-refractivity contribution is -0.312. The number of nitrogens with zero attached hydrogens (tertiary/aromatic N) is 3. The SMILES string of the molecule is O=C(c1ccncc1)N1N=C2CCCC[C@H]2[C@@]1(O)C(F)(F)F. The van der Waals surface area contributed by atoms with Crippen LogP contribution in [-0.4, -0.2) is 38.6 Å². The Labute approximate surface area is 124 Å². The summed E-state index contributed by atoms with van der Waals surface area (Å²) in [4.78, 5) is 16.1. The first-order chi connectivity index (χ1) is 10.4. The molecule has 1 aliphatic heterocycles. The third kappa shape index (κ3) is 2.09. The predicted octanol–water partition coefficient (Wildman–Crippen LogP) is 2.33. The highest BCUT2D eigenvalue weighted by atomic mass is 19.4. The first kappa shape index (κ1) is 15.0. The molecule has 2 atom stereocenters. The van der Waals surface area contributed by atoms with Crippen LogP contribution in [0.1, 0.15) is 36.0 Å². The Kier molecular flexibility index (Phi) is 3.43. The lowest BCUT2D eigenvalue weighted by Gasteiger charge is -2.38. The first-order valence-corrected chi connectivity index (χ1v) is 6.97.